The molecule has 0 spiro atoms. The van der Waals surface area contributed by atoms with Gasteiger partial charge in [-0.3, -0.25) is 0 Å². The van der Waals surface area contributed by atoms with Gasteiger partial charge in [0.2, 0.25) is 0 Å². The van der Waals surface area contributed by atoms with Crippen LogP contribution in [-0.2, 0) is 13.0 Å². The molecule has 3 rings (SSSR count). The van der Waals surface area contributed by atoms with Crippen LogP contribution in [0, 0.1) is 0 Å². The Morgan fingerprint density at radius 1 is 1.10 bits per heavy atom. The van der Waals surface area contributed by atoms with Crippen molar-refractivity contribution in [3.63, 3.8) is 0 Å². The van der Waals surface area contributed by atoms with Crippen LogP contribution in [0.3, 0.4) is 0 Å². The van der Waals surface area contributed by atoms with E-state index in [4.69, 9.17) is 4.42 Å². The van der Waals surface area contributed by atoms with Crippen molar-refractivity contribution in [2.45, 2.75) is 13.0 Å². The summed E-state index contributed by atoms with van der Waals surface area (Å²) in [5, 5.41) is 12.0. The fraction of sp³-hybridized carbons (Fsp3) is 0.200. The molecule has 0 radical (unpaired) electrons. The maximum Gasteiger partial charge on any atom is 0.105 e. The molecule has 0 aliphatic rings. The van der Waals surface area contributed by atoms with Gasteiger partial charge in [0.05, 0.1) is 23.8 Å². The average molecular weight is 268 g/mol. The number of nitrogens with zero attached hydrogens (tertiary/aromatic N) is 3. The van der Waals surface area contributed by atoms with Crippen LogP contribution in [0.5, 0.6) is 0 Å². The summed E-state index contributed by atoms with van der Waals surface area (Å²) < 4.78 is 5.28. The number of para-hydroxylation sites is 1. The summed E-state index contributed by atoms with van der Waals surface area (Å²) >= 11 is 0. The van der Waals surface area contributed by atoms with Crippen LogP contribution in [0.1, 0.15) is 11.5 Å². The molecule has 0 aliphatic carbocycles. The molecular formula is C15H16N4O. The minimum absolute atomic E-state index is 0.702. The quantitative estimate of drug-likeness (QED) is 0.696. The van der Waals surface area contributed by atoms with Crippen molar-refractivity contribution in [3.8, 4) is 5.69 Å². The van der Waals surface area contributed by atoms with Gasteiger partial charge in [-0.05, 0) is 24.3 Å². The lowest BCUT2D eigenvalue weighted by Gasteiger charge is -2.00. The number of hydrogen-bond acceptors (Lipinski definition) is 4. The largest absolute Gasteiger partial charge is 0.469 e. The molecule has 0 bridgehead atoms. The standard InChI is InChI=1S/C15H16N4O/c1-2-5-14(6-3-1)19-17-12-13(18-19)11-16-9-8-15-7-4-10-20-15/h1-7,10,12,16H,8-9,11H2. The van der Waals surface area contributed by atoms with Crippen LogP contribution in [0.25, 0.3) is 5.69 Å². The minimum atomic E-state index is 0.702. The van der Waals surface area contributed by atoms with Gasteiger partial charge in [0, 0.05) is 19.5 Å². The lowest BCUT2D eigenvalue weighted by atomic mass is 10.3. The zero-order chi connectivity index (χ0) is 13.6. The Bertz CT molecular complexity index is 631. The van der Waals surface area contributed by atoms with Crippen LogP contribution in [0.2, 0.25) is 0 Å². The van der Waals surface area contributed by atoms with Gasteiger partial charge >= 0.3 is 0 Å². The number of furan rings is 1. The van der Waals surface area contributed by atoms with Gasteiger partial charge in [-0.1, -0.05) is 18.2 Å². The van der Waals surface area contributed by atoms with Crippen LogP contribution in [0.15, 0.2) is 59.3 Å². The molecule has 5 nitrogen and oxygen atoms in total. The topological polar surface area (TPSA) is 55.9 Å². The monoisotopic (exact) mass is 268 g/mol. The van der Waals surface area contributed by atoms with Crippen LogP contribution >= 0.6 is 0 Å². The fourth-order valence-electron chi connectivity index (χ4n) is 1.94. The lowest BCUT2D eigenvalue weighted by Crippen LogP contribution is -2.17. The Morgan fingerprint density at radius 2 is 2.00 bits per heavy atom. The van der Waals surface area contributed by atoms with E-state index in [9.17, 15) is 0 Å². The fourth-order valence-corrected chi connectivity index (χ4v) is 1.94. The molecule has 0 unspecified atom stereocenters. The van der Waals surface area contributed by atoms with Crippen LogP contribution in [-0.4, -0.2) is 21.5 Å². The normalized spacial score (nSPS) is 10.8. The molecule has 0 atom stereocenters. The summed E-state index contributed by atoms with van der Waals surface area (Å²) in [6, 6.07) is 13.8. The van der Waals surface area contributed by atoms with Gasteiger partial charge in [0.15, 0.2) is 0 Å². The van der Waals surface area contributed by atoms with Crippen molar-refractivity contribution in [2.75, 3.05) is 6.54 Å². The molecule has 0 saturated heterocycles. The number of benzene rings is 1. The Labute approximate surface area is 117 Å². The molecule has 102 valence electrons. The molecule has 1 aromatic carbocycles. The number of aromatic nitrogens is 3. The Morgan fingerprint density at radius 3 is 2.80 bits per heavy atom. The van der Waals surface area contributed by atoms with E-state index in [2.05, 4.69) is 15.5 Å². The van der Waals surface area contributed by atoms with E-state index in [0.717, 1.165) is 30.1 Å². The summed E-state index contributed by atoms with van der Waals surface area (Å²) in [6.07, 6.45) is 4.35. The summed E-state index contributed by atoms with van der Waals surface area (Å²) in [5.74, 6) is 0.991. The first kappa shape index (κ1) is 12.6. The first-order valence-corrected chi connectivity index (χ1v) is 6.61. The van der Waals surface area contributed by atoms with E-state index in [1.165, 1.54) is 0 Å². The van der Waals surface area contributed by atoms with E-state index in [1.807, 2.05) is 42.5 Å². The van der Waals surface area contributed by atoms with Gasteiger partial charge in [-0.25, -0.2) is 0 Å². The third-order valence-corrected chi connectivity index (χ3v) is 2.96. The molecule has 1 N–H and O–H groups in total. The van der Waals surface area contributed by atoms with Gasteiger partial charge in [0.25, 0.3) is 0 Å². The third kappa shape index (κ3) is 3.13. The smallest absolute Gasteiger partial charge is 0.105 e. The maximum absolute atomic E-state index is 5.28. The summed E-state index contributed by atoms with van der Waals surface area (Å²) in [6.45, 7) is 1.55. The predicted molar refractivity (Wildman–Crippen MR) is 75.5 cm³/mol. The van der Waals surface area contributed by atoms with Crippen LogP contribution < -0.4 is 5.32 Å². The minimum Gasteiger partial charge on any atom is -0.469 e. The molecule has 0 fully saturated rings. The van der Waals surface area contributed by atoms with Crippen molar-refractivity contribution in [1.29, 1.82) is 0 Å². The van der Waals surface area contributed by atoms with Gasteiger partial charge in [-0.2, -0.15) is 15.0 Å². The summed E-state index contributed by atoms with van der Waals surface area (Å²) in [4.78, 5) is 1.64. The number of hydrogen-bond donors (Lipinski definition) is 1. The second kappa shape index (κ2) is 6.16. The van der Waals surface area contributed by atoms with E-state index in [-0.39, 0.29) is 0 Å². The highest BCUT2D eigenvalue weighted by molar-refractivity contribution is 5.28. The first-order valence-electron chi connectivity index (χ1n) is 6.61. The summed E-state index contributed by atoms with van der Waals surface area (Å²) in [5.41, 5.74) is 1.89. The highest BCUT2D eigenvalue weighted by Crippen LogP contribution is 2.04. The van der Waals surface area contributed by atoms with Crippen molar-refractivity contribution in [3.05, 3.63) is 66.4 Å². The third-order valence-electron chi connectivity index (χ3n) is 2.96. The van der Waals surface area contributed by atoms with E-state index < -0.39 is 0 Å². The second-order valence-electron chi connectivity index (χ2n) is 4.47. The lowest BCUT2D eigenvalue weighted by molar-refractivity contribution is 0.498. The summed E-state index contributed by atoms with van der Waals surface area (Å²) in [7, 11) is 0. The Balaban J connectivity index is 1.50. The van der Waals surface area contributed by atoms with E-state index >= 15 is 0 Å². The van der Waals surface area contributed by atoms with Crippen molar-refractivity contribution in [1.82, 2.24) is 20.3 Å². The van der Waals surface area contributed by atoms with Crippen molar-refractivity contribution in [2.24, 2.45) is 0 Å². The molecule has 3 aromatic rings. The molecule has 0 amide bonds. The zero-order valence-corrected chi connectivity index (χ0v) is 11.1. The predicted octanol–water partition coefficient (Wildman–Crippen LogP) is 2.19. The van der Waals surface area contributed by atoms with Gasteiger partial charge in [0.1, 0.15) is 5.76 Å². The van der Waals surface area contributed by atoms with E-state index in [0.29, 0.717) is 6.54 Å². The van der Waals surface area contributed by atoms with Crippen LogP contribution in [0.4, 0.5) is 0 Å². The Hall–Kier alpha value is -2.40. The van der Waals surface area contributed by atoms with Gasteiger partial charge in [-0.15, -0.1) is 0 Å². The second-order valence-corrected chi connectivity index (χ2v) is 4.47. The molecule has 2 heterocycles. The maximum atomic E-state index is 5.28. The SMILES string of the molecule is c1ccc(-n2ncc(CNCCc3ccco3)n2)cc1. The first-order chi connectivity index (χ1) is 9.92. The highest BCUT2D eigenvalue weighted by atomic mass is 16.3. The molecule has 5 heteroatoms. The molecule has 0 saturated carbocycles. The molecule has 2 aromatic heterocycles. The van der Waals surface area contributed by atoms with Crippen molar-refractivity contribution < 1.29 is 4.42 Å². The van der Waals surface area contributed by atoms with Crippen molar-refractivity contribution >= 4 is 0 Å². The van der Waals surface area contributed by atoms with Gasteiger partial charge < -0.3 is 9.73 Å². The highest BCUT2D eigenvalue weighted by Gasteiger charge is 2.02. The molecule has 0 aliphatic heterocycles. The number of nitrogens with one attached hydrogen (secondary N) is 1. The number of rotatable bonds is 6. The molecular weight excluding hydrogens is 252 g/mol. The zero-order valence-electron chi connectivity index (χ0n) is 11.1. The molecule has 20 heavy (non-hydrogen) atoms. The average Bonchev–Trinajstić information content (AvgIpc) is 3.16. The Kier molecular flexibility index (Phi) is 3.89. The van der Waals surface area contributed by atoms with E-state index in [1.54, 1.807) is 17.3 Å².